The first-order valence-corrected chi connectivity index (χ1v) is 9.74. The fourth-order valence-corrected chi connectivity index (χ4v) is 4.27. The fraction of sp³-hybridized carbons (Fsp3) is 0.227. The van der Waals surface area contributed by atoms with Gasteiger partial charge in [-0.05, 0) is 36.8 Å². The highest BCUT2D eigenvalue weighted by Gasteiger charge is 2.29. The van der Waals surface area contributed by atoms with Gasteiger partial charge in [0, 0.05) is 43.4 Å². The summed E-state index contributed by atoms with van der Waals surface area (Å²) in [4.78, 5) is 19.2. The predicted octanol–water partition coefficient (Wildman–Crippen LogP) is 3.59. The molecule has 0 N–H and O–H groups in total. The second kappa shape index (κ2) is 6.97. The number of aromatic nitrogens is 4. The van der Waals surface area contributed by atoms with Crippen LogP contribution in [0.5, 0.6) is 0 Å². The molecule has 1 aliphatic heterocycles. The molecule has 5 rings (SSSR count). The Labute approximate surface area is 175 Å². The van der Waals surface area contributed by atoms with Crippen molar-refractivity contribution in [2.45, 2.75) is 13.0 Å². The van der Waals surface area contributed by atoms with Gasteiger partial charge in [0.1, 0.15) is 11.3 Å². The molecule has 0 bridgehead atoms. The molecule has 4 heterocycles. The van der Waals surface area contributed by atoms with E-state index >= 15 is 0 Å². The number of rotatable bonds is 2. The van der Waals surface area contributed by atoms with Crippen LogP contribution in [0.1, 0.15) is 21.7 Å². The number of pyridine rings is 1. The maximum Gasteiger partial charge on any atom is 0.270 e. The molecule has 9 heteroatoms. The third-order valence-electron chi connectivity index (χ3n) is 5.75. The molecule has 6 nitrogen and oxygen atoms in total. The van der Waals surface area contributed by atoms with Crippen molar-refractivity contribution in [2.24, 2.45) is 14.1 Å². The molecule has 1 aromatic carbocycles. The number of amides is 1. The molecule has 0 atom stereocenters. The first-order valence-electron chi connectivity index (χ1n) is 9.74. The topological polar surface area (TPSA) is 56.0 Å². The number of halogens is 3. The highest BCUT2D eigenvalue weighted by Crippen LogP contribution is 2.32. The summed E-state index contributed by atoms with van der Waals surface area (Å²) in [5.41, 5.74) is 3.44. The lowest BCUT2D eigenvalue weighted by Gasteiger charge is -2.26. The molecule has 31 heavy (non-hydrogen) atoms. The number of hydrogen-bond donors (Lipinski definition) is 0. The van der Waals surface area contributed by atoms with Crippen molar-refractivity contribution >= 4 is 16.9 Å². The lowest BCUT2D eigenvalue weighted by Crippen LogP contribution is -2.36. The summed E-state index contributed by atoms with van der Waals surface area (Å²) >= 11 is 0. The van der Waals surface area contributed by atoms with Gasteiger partial charge in [0.05, 0.1) is 17.9 Å². The van der Waals surface area contributed by atoms with Crippen LogP contribution < -0.4 is 0 Å². The van der Waals surface area contributed by atoms with Crippen LogP contribution in [0.2, 0.25) is 0 Å². The number of carbonyl (C=O) groups is 1. The van der Waals surface area contributed by atoms with Crippen molar-refractivity contribution in [3.8, 4) is 11.3 Å². The van der Waals surface area contributed by atoms with E-state index < -0.39 is 17.5 Å². The Morgan fingerprint density at radius 3 is 2.55 bits per heavy atom. The normalized spacial score (nSPS) is 13.6. The molecule has 3 aromatic heterocycles. The molecule has 0 saturated carbocycles. The first kappa shape index (κ1) is 19.3. The Morgan fingerprint density at radius 1 is 1.10 bits per heavy atom. The molecule has 0 spiro atoms. The maximum atomic E-state index is 13.8. The number of nitrogens with zero attached hydrogens (tertiary/aromatic N) is 5. The van der Waals surface area contributed by atoms with Crippen LogP contribution in [-0.2, 0) is 27.1 Å². The third kappa shape index (κ3) is 2.99. The van der Waals surface area contributed by atoms with Gasteiger partial charge in [-0.2, -0.15) is 5.10 Å². The van der Waals surface area contributed by atoms with Crippen molar-refractivity contribution in [3.05, 3.63) is 70.9 Å². The van der Waals surface area contributed by atoms with Crippen molar-refractivity contribution in [1.82, 2.24) is 24.2 Å². The van der Waals surface area contributed by atoms with Crippen LogP contribution in [0.3, 0.4) is 0 Å². The van der Waals surface area contributed by atoms with Gasteiger partial charge < -0.3 is 9.47 Å². The van der Waals surface area contributed by atoms with Crippen LogP contribution in [0.15, 0.2) is 36.5 Å². The molecule has 0 aliphatic carbocycles. The highest BCUT2D eigenvalue weighted by molar-refractivity contribution is 5.98. The van der Waals surface area contributed by atoms with E-state index in [1.165, 1.54) is 4.68 Å². The summed E-state index contributed by atoms with van der Waals surface area (Å²) in [6, 6.07) is 7.47. The van der Waals surface area contributed by atoms with Gasteiger partial charge in [-0.3, -0.25) is 9.48 Å². The number of fused-ring (bicyclic) bond motifs is 2. The van der Waals surface area contributed by atoms with Crippen LogP contribution in [0.4, 0.5) is 13.2 Å². The Balaban J connectivity index is 1.48. The molecule has 1 aliphatic rings. The van der Waals surface area contributed by atoms with E-state index in [0.717, 1.165) is 28.7 Å². The zero-order valence-electron chi connectivity index (χ0n) is 16.9. The average Bonchev–Trinajstić information content (AvgIpc) is 3.27. The summed E-state index contributed by atoms with van der Waals surface area (Å²) in [5.74, 6) is -4.14. The van der Waals surface area contributed by atoms with E-state index in [-0.39, 0.29) is 18.0 Å². The zero-order valence-corrected chi connectivity index (χ0v) is 16.9. The van der Waals surface area contributed by atoms with Gasteiger partial charge in [0.25, 0.3) is 5.91 Å². The summed E-state index contributed by atoms with van der Waals surface area (Å²) in [6.07, 6.45) is 2.15. The van der Waals surface area contributed by atoms with Crippen LogP contribution in [-0.4, -0.2) is 36.7 Å². The fourth-order valence-electron chi connectivity index (χ4n) is 4.27. The van der Waals surface area contributed by atoms with E-state index in [4.69, 9.17) is 0 Å². The SMILES string of the molecule is Cn1nc2c(c1-c1cc(F)c(F)c(F)c1)CCN(C(=O)c1cc3cccnc3n1C)C2. The predicted molar refractivity (Wildman–Crippen MR) is 108 cm³/mol. The van der Waals surface area contributed by atoms with Gasteiger partial charge in [-0.1, -0.05) is 0 Å². The van der Waals surface area contributed by atoms with Crippen molar-refractivity contribution in [1.29, 1.82) is 0 Å². The maximum absolute atomic E-state index is 13.8. The number of benzene rings is 1. The lowest BCUT2D eigenvalue weighted by molar-refractivity contribution is 0.0723. The summed E-state index contributed by atoms with van der Waals surface area (Å²) in [7, 11) is 3.46. The molecule has 0 saturated heterocycles. The molecular formula is C22H18F3N5O. The van der Waals surface area contributed by atoms with Crippen LogP contribution in [0, 0.1) is 17.5 Å². The molecule has 0 unspecified atom stereocenters. The minimum absolute atomic E-state index is 0.141. The Hall–Kier alpha value is -3.62. The van der Waals surface area contributed by atoms with Crippen LogP contribution in [0.25, 0.3) is 22.3 Å². The standard InChI is InChI=1S/C22H18F3N5O/c1-28-18(10-12-4-3-6-26-21(12)28)22(31)30-7-5-14-17(11-30)27-29(2)20(14)13-8-15(23)19(25)16(24)9-13/h3-4,6,8-10H,5,7,11H2,1-2H3. The first-order chi connectivity index (χ1) is 14.8. The third-order valence-corrected chi connectivity index (χ3v) is 5.75. The van der Waals surface area contributed by atoms with Gasteiger partial charge >= 0.3 is 0 Å². The van der Waals surface area contributed by atoms with Gasteiger partial charge in [-0.25, -0.2) is 18.2 Å². The number of aryl methyl sites for hydroxylation is 2. The van der Waals surface area contributed by atoms with Gasteiger partial charge in [0.2, 0.25) is 0 Å². The molecule has 4 aromatic rings. The lowest BCUT2D eigenvalue weighted by atomic mass is 9.99. The number of carbonyl (C=O) groups excluding carboxylic acids is 1. The minimum Gasteiger partial charge on any atom is -0.331 e. The van der Waals surface area contributed by atoms with Crippen molar-refractivity contribution in [2.75, 3.05) is 6.54 Å². The van der Waals surface area contributed by atoms with Crippen molar-refractivity contribution < 1.29 is 18.0 Å². The van der Waals surface area contributed by atoms with E-state index in [0.29, 0.717) is 30.0 Å². The minimum atomic E-state index is -1.50. The average molecular weight is 425 g/mol. The molecule has 0 radical (unpaired) electrons. The second-order valence-corrected chi connectivity index (χ2v) is 7.63. The monoisotopic (exact) mass is 425 g/mol. The summed E-state index contributed by atoms with van der Waals surface area (Å²) < 4.78 is 44.2. The van der Waals surface area contributed by atoms with Crippen molar-refractivity contribution in [3.63, 3.8) is 0 Å². The summed E-state index contributed by atoms with van der Waals surface area (Å²) in [5, 5.41) is 5.35. The quantitative estimate of drug-likeness (QED) is 0.462. The Kier molecular flexibility index (Phi) is 4.35. The zero-order chi connectivity index (χ0) is 21.9. The molecular weight excluding hydrogens is 407 g/mol. The highest BCUT2D eigenvalue weighted by atomic mass is 19.2. The summed E-state index contributed by atoms with van der Waals surface area (Å²) in [6.45, 7) is 0.689. The van der Waals surface area contributed by atoms with Crippen LogP contribution >= 0.6 is 0 Å². The largest absolute Gasteiger partial charge is 0.331 e. The van der Waals surface area contributed by atoms with E-state index in [2.05, 4.69) is 10.1 Å². The van der Waals surface area contributed by atoms with Gasteiger partial charge in [0.15, 0.2) is 17.5 Å². The Bertz CT molecular complexity index is 1330. The Morgan fingerprint density at radius 2 is 1.84 bits per heavy atom. The van der Waals surface area contributed by atoms with E-state index in [1.807, 2.05) is 18.2 Å². The van der Waals surface area contributed by atoms with Gasteiger partial charge in [-0.15, -0.1) is 0 Å². The molecule has 1 amide bonds. The number of hydrogen-bond acceptors (Lipinski definition) is 3. The molecule has 158 valence electrons. The molecule has 0 fully saturated rings. The van der Waals surface area contributed by atoms with E-state index in [1.54, 1.807) is 29.8 Å². The second-order valence-electron chi connectivity index (χ2n) is 7.63. The van der Waals surface area contributed by atoms with E-state index in [9.17, 15) is 18.0 Å². The smallest absolute Gasteiger partial charge is 0.270 e.